The Morgan fingerprint density at radius 2 is 1.85 bits per heavy atom. The SMILES string of the molecule is COc1ccc(C)cc1N(CCNS(=O)(=O)CCc1ccccc1)C(C)=O. The van der Waals surface area contributed by atoms with Gasteiger partial charge < -0.3 is 9.64 Å². The Labute approximate surface area is 161 Å². The molecule has 1 amide bonds. The average molecular weight is 391 g/mol. The third-order valence-electron chi connectivity index (χ3n) is 4.16. The number of hydrogen-bond donors (Lipinski definition) is 1. The van der Waals surface area contributed by atoms with Crippen molar-refractivity contribution in [3.05, 3.63) is 59.7 Å². The minimum atomic E-state index is -3.43. The van der Waals surface area contributed by atoms with Gasteiger partial charge in [-0.3, -0.25) is 4.79 Å². The molecule has 6 nitrogen and oxygen atoms in total. The van der Waals surface area contributed by atoms with Crippen LogP contribution in [0.5, 0.6) is 5.75 Å². The first-order valence-corrected chi connectivity index (χ1v) is 10.4. The quantitative estimate of drug-likeness (QED) is 0.714. The summed E-state index contributed by atoms with van der Waals surface area (Å²) < 4.78 is 32.4. The lowest BCUT2D eigenvalue weighted by atomic mass is 10.2. The Morgan fingerprint density at radius 3 is 2.48 bits per heavy atom. The summed E-state index contributed by atoms with van der Waals surface area (Å²) in [6.07, 6.45) is 0.443. The molecule has 2 aromatic rings. The molecule has 2 aromatic carbocycles. The molecule has 0 aliphatic carbocycles. The Kier molecular flexibility index (Phi) is 7.38. The number of nitrogens with zero attached hydrogens (tertiary/aromatic N) is 1. The van der Waals surface area contributed by atoms with Gasteiger partial charge in [-0.15, -0.1) is 0 Å². The van der Waals surface area contributed by atoms with Crippen molar-refractivity contribution in [2.45, 2.75) is 20.3 Å². The van der Waals surface area contributed by atoms with E-state index in [0.29, 0.717) is 17.9 Å². The highest BCUT2D eigenvalue weighted by atomic mass is 32.2. The van der Waals surface area contributed by atoms with E-state index < -0.39 is 10.0 Å². The van der Waals surface area contributed by atoms with Crippen molar-refractivity contribution in [3.8, 4) is 5.75 Å². The van der Waals surface area contributed by atoms with Gasteiger partial charge >= 0.3 is 0 Å². The minimum Gasteiger partial charge on any atom is -0.495 e. The van der Waals surface area contributed by atoms with E-state index >= 15 is 0 Å². The van der Waals surface area contributed by atoms with E-state index in [1.54, 1.807) is 13.2 Å². The smallest absolute Gasteiger partial charge is 0.224 e. The van der Waals surface area contributed by atoms with Crippen LogP contribution in [0, 0.1) is 6.92 Å². The standard InChI is InChI=1S/C20H26N2O4S/c1-16-9-10-20(26-3)19(15-16)22(17(2)23)13-12-21-27(24,25)14-11-18-7-5-4-6-8-18/h4-10,15,21H,11-14H2,1-3H3. The first kappa shape index (κ1) is 20.9. The van der Waals surface area contributed by atoms with Gasteiger partial charge in [-0.05, 0) is 36.6 Å². The lowest BCUT2D eigenvalue weighted by molar-refractivity contribution is -0.116. The lowest BCUT2D eigenvalue weighted by Crippen LogP contribution is -2.38. The van der Waals surface area contributed by atoms with Crippen molar-refractivity contribution in [1.82, 2.24) is 4.72 Å². The number of ether oxygens (including phenoxy) is 1. The van der Waals surface area contributed by atoms with Gasteiger partial charge in [0.05, 0.1) is 18.6 Å². The van der Waals surface area contributed by atoms with Crippen LogP contribution in [-0.2, 0) is 21.2 Å². The van der Waals surface area contributed by atoms with E-state index in [-0.39, 0.29) is 24.7 Å². The number of rotatable bonds is 9. The number of methoxy groups -OCH3 is 1. The first-order valence-electron chi connectivity index (χ1n) is 8.76. The van der Waals surface area contributed by atoms with Crippen molar-refractivity contribution in [1.29, 1.82) is 0 Å². The van der Waals surface area contributed by atoms with E-state index in [1.165, 1.54) is 11.8 Å². The molecule has 0 saturated carbocycles. The number of nitrogens with one attached hydrogen (secondary N) is 1. The van der Waals surface area contributed by atoms with Crippen LogP contribution in [0.15, 0.2) is 48.5 Å². The number of benzene rings is 2. The van der Waals surface area contributed by atoms with Crippen molar-refractivity contribution >= 4 is 21.6 Å². The number of carbonyl (C=O) groups is 1. The van der Waals surface area contributed by atoms with E-state index in [4.69, 9.17) is 4.74 Å². The molecule has 2 rings (SSSR count). The second kappa shape index (κ2) is 9.53. The number of anilines is 1. The molecule has 0 bridgehead atoms. The number of amides is 1. The fourth-order valence-electron chi connectivity index (χ4n) is 2.74. The molecule has 7 heteroatoms. The molecule has 146 valence electrons. The zero-order valence-electron chi connectivity index (χ0n) is 15.9. The molecule has 1 N–H and O–H groups in total. The molecule has 0 unspecified atom stereocenters. The molecule has 0 aliphatic heterocycles. The number of carbonyl (C=O) groups excluding carboxylic acids is 1. The Morgan fingerprint density at radius 1 is 1.15 bits per heavy atom. The maximum atomic E-state index is 12.2. The summed E-state index contributed by atoms with van der Waals surface area (Å²) in [7, 11) is -1.89. The van der Waals surface area contributed by atoms with E-state index in [9.17, 15) is 13.2 Å². The van der Waals surface area contributed by atoms with Gasteiger partial charge in [0, 0.05) is 20.0 Å². The molecular formula is C20H26N2O4S. The van der Waals surface area contributed by atoms with Crippen molar-refractivity contribution in [3.63, 3.8) is 0 Å². The summed E-state index contributed by atoms with van der Waals surface area (Å²) in [5, 5.41) is 0. The molecule has 0 aliphatic rings. The monoisotopic (exact) mass is 390 g/mol. The summed E-state index contributed by atoms with van der Waals surface area (Å²) in [5.74, 6) is 0.398. The van der Waals surface area contributed by atoms with Gasteiger partial charge in [-0.1, -0.05) is 36.4 Å². The fraction of sp³-hybridized carbons (Fsp3) is 0.350. The van der Waals surface area contributed by atoms with Crippen LogP contribution >= 0.6 is 0 Å². The molecule has 0 atom stereocenters. The fourth-order valence-corrected chi connectivity index (χ4v) is 3.79. The molecule has 0 heterocycles. The Hall–Kier alpha value is -2.38. The maximum absolute atomic E-state index is 12.2. The molecule has 0 fully saturated rings. The molecule has 0 aromatic heterocycles. The summed E-state index contributed by atoms with van der Waals surface area (Å²) in [5.41, 5.74) is 2.59. The molecule has 0 spiro atoms. The highest BCUT2D eigenvalue weighted by molar-refractivity contribution is 7.89. The average Bonchev–Trinajstić information content (AvgIpc) is 2.64. The largest absolute Gasteiger partial charge is 0.495 e. The summed E-state index contributed by atoms with van der Waals surface area (Å²) >= 11 is 0. The normalized spacial score (nSPS) is 11.2. The molecule has 0 radical (unpaired) electrons. The minimum absolute atomic E-state index is 0.00481. The molecule has 27 heavy (non-hydrogen) atoms. The van der Waals surface area contributed by atoms with Crippen molar-refractivity contribution in [2.75, 3.05) is 30.9 Å². The predicted octanol–water partition coefficient (Wildman–Crippen LogP) is 2.52. The van der Waals surface area contributed by atoms with Crippen LogP contribution in [0.2, 0.25) is 0 Å². The van der Waals surface area contributed by atoms with Gasteiger partial charge in [0.15, 0.2) is 0 Å². The van der Waals surface area contributed by atoms with Gasteiger partial charge in [0.25, 0.3) is 0 Å². The second-order valence-corrected chi connectivity index (χ2v) is 8.22. The van der Waals surface area contributed by atoms with E-state index in [0.717, 1.165) is 11.1 Å². The first-order chi connectivity index (χ1) is 12.8. The Bertz CT molecular complexity index is 867. The number of sulfonamides is 1. The maximum Gasteiger partial charge on any atom is 0.224 e. The van der Waals surface area contributed by atoms with Crippen molar-refractivity contribution < 1.29 is 17.9 Å². The second-order valence-electron chi connectivity index (χ2n) is 6.29. The lowest BCUT2D eigenvalue weighted by Gasteiger charge is -2.24. The topological polar surface area (TPSA) is 75.7 Å². The zero-order chi connectivity index (χ0) is 19.9. The number of hydrogen-bond acceptors (Lipinski definition) is 4. The Balaban J connectivity index is 1.98. The number of aryl methyl sites for hydroxylation is 2. The van der Waals surface area contributed by atoms with Crippen LogP contribution in [0.25, 0.3) is 0 Å². The van der Waals surface area contributed by atoms with Gasteiger partial charge in [-0.2, -0.15) is 0 Å². The highest BCUT2D eigenvalue weighted by Gasteiger charge is 2.18. The van der Waals surface area contributed by atoms with Crippen LogP contribution < -0.4 is 14.4 Å². The van der Waals surface area contributed by atoms with Crippen molar-refractivity contribution in [2.24, 2.45) is 0 Å². The van der Waals surface area contributed by atoms with Crippen LogP contribution in [0.1, 0.15) is 18.1 Å². The predicted molar refractivity (Wildman–Crippen MR) is 108 cm³/mol. The van der Waals surface area contributed by atoms with Crippen LogP contribution in [0.3, 0.4) is 0 Å². The van der Waals surface area contributed by atoms with Gasteiger partial charge in [-0.25, -0.2) is 13.1 Å². The highest BCUT2D eigenvalue weighted by Crippen LogP contribution is 2.29. The van der Waals surface area contributed by atoms with Gasteiger partial charge in [0.2, 0.25) is 15.9 Å². The summed E-state index contributed by atoms with van der Waals surface area (Å²) in [4.78, 5) is 13.6. The van der Waals surface area contributed by atoms with Crippen LogP contribution in [-0.4, -0.2) is 40.3 Å². The third-order valence-corrected chi connectivity index (χ3v) is 5.55. The van der Waals surface area contributed by atoms with Crippen LogP contribution in [0.4, 0.5) is 5.69 Å². The summed E-state index contributed by atoms with van der Waals surface area (Å²) in [6, 6.07) is 15.0. The molecular weight excluding hydrogens is 364 g/mol. The van der Waals surface area contributed by atoms with E-state index in [2.05, 4.69) is 4.72 Å². The molecule has 0 saturated heterocycles. The summed E-state index contributed by atoms with van der Waals surface area (Å²) in [6.45, 7) is 3.73. The van der Waals surface area contributed by atoms with Gasteiger partial charge in [0.1, 0.15) is 5.75 Å². The third kappa shape index (κ3) is 6.37. The van der Waals surface area contributed by atoms with E-state index in [1.807, 2.05) is 49.4 Å². The zero-order valence-corrected chi connectivity index (χ0v) is 16.8.